The number of carbonyl (C=O) groups is 1. The van der Waals surface area contributed by atoms with Gasteiger partial charge in [-0.05, 0) is 31.4 Å². The predicted molar refractivity (Wildman–Crippen MR) is 79.3 cm³/mol. The standard InChI is InChI=1S/C14H26N2O2S/c1-2-19-12-5-3-4-8-16(10-12)14(17)13-7-6-11(9-15)18-13/h11-13H,2-10,15H2,1H3/t11-,12?,13+/m1/s1. The maximum Gasteiger partial charge on any atom is 0.251 e. The Morgan fingerprint density at radius 3 is 2.89 bits per heavy atom. The van der Waals surface area contributed by atoms with Crippen LogP contribution in [0.2, 0.25) is 0 Å². The lowest BCUT2D eigenvalue weighted by atomic mass is 10.2. The fourth-order valence-corrected chi connectivity index (χ4v) is 4.03. The molecule has 0 radical (unpaired) electrons. The molecule has 2 rings (SSSR count). The van der Waals surface area contributed by atoms with Gasteiger partial charge in [0.15, 0.2) is 0 Å². The molecule has 0 aromatic rings. The second-order valence-electron chi connectivity index (χ2n) is 5.42. The Kier molecular flexibility index (Phi) is 5.98. The molecule has 0 aliphatic carbocycles. The topological polar surface area (TPSA) is 55.6 Å². The van der Waals surface area contributed by atoms with E-state index in [1.807, 2.05) is 16.7 Å². The van der Waals surface area contributed by atoms with Gasteiger partial charge in [-0.2, -0.15) is 11.8 Å². The highest BCUT2D eigenvalue weighted by Gasteiger charge is 2.34. The smallest absolute Gasteiger partial charge is 0.251 e. The number of ether oxygens (including phenoxy) is 1. The van der Waals surface area contributed by atoms with E-state index in [9.17, 15) is 4.79 Å². The van der Waals surface area contributed by atoms with Crippen LogP contribution in [0.3, 0.4) is 0 Å². The zero-order valence-corrected chi connectivity index (χ0v) is 12.7. The molecule has 1 unspecified atom stereocenters. The van der Waals surface area contributed by atoms with Crippen LogP contribution in [-0.4, -0.2) is 53.7 Å². The summed E-state index contributed by atoms with van der Waals surface area (Å²) in [6.07, 6.45) is 5.20. The third-order valence-electron chi connectivity index (χ3n) is 3.99. The summed E-state index contributed by atoms with van der Waals surface area (Å²) in [5, 5.41) is 0.600. The average Bonchev–Trinajstić information content (AvgIpc) is 2.78. The molecule has 0 aromatic heterocycles. The molecule has 2 fully saturated rings. The lowest BCUT2D eigenvalue weighted by molar-refractivity contribution is -0.142. The molecule has 5 heteroatoms. The van der Waals surface area contributed by atoms with Crippen LogP contribution in [0.15, 0.2) is 0 Å². The predicted octanol–water partition coefficient (Wildman–Crippen LogP) is 1.63. The van der Waals surface area contributed by atoms with E-state index < -0.39 is 0 Å². The molecule has 1 amide bonds. The number of nitrogens with two attached hydrogens (primary N) is 1. The van der Waals surface area contributed by atoms with Crippen molar-refractivity contribution in [1.29, 1.82) is 0 Å². The molecule has 0 saturated carbocycles. The van der Waals surface area contributed by atoms with E-state index in [4.69, 9.17) is 10.5 Å². The molecule has 0 bridgehead atoms. The van der Waals surface area contributed by atoms with Crippen molar-refractivity contribution in [2.75, 3.05) is 25.4 Å². The van der Waals surface area contributed by atoms with E-state index in [2.05, 4.69) is 6.92 Å². The van der Waals surface area contributed by atoms with Gasteiger partial charge in [0.2, 0.25) is 0 Å². The van der Waals surface area contributed by atoms with E-state index in [1.165, 1.54) is 12.8 Å². The van der Waals surface area contributed by atoms with Gasteiger partial charge < -0.3 is 15.4 Å². The van der Waals surface area contributed by atoms with Crippen molar-refractivity contribution in [2.24, 2.45) is 5.73 Å². The minimum atomic E-state index is -0.237. The van der Waals surface area contributed by atoms with Crippen LogP contribution in [0, 0.1) is 0 Å². The molecule has 4 nitrogen and oxygen atoms in total. The van der Waals surface area contributed by atoms with Gasteiger partial charge in [-0.15, -0.1) is 0 Å². The van der Waals surface area contributed by atoms with Crippen LogP contribution in [0.1, 0.15) is 39.0 Å². The highest BCUT2D eigenvalue weighted by Crippen LogP contribution is 2.25. The molecule has 19 heavy (non-hydrogen) atoms. The average molecular weight is 286 g/mol. The molecule has 3 atom stereocenters. The zero-order valence-electron chi connectivity index (χ0n) is 11.8. The Labute approximate surface area is 120 Å². The number of amides is 1. The van der Waals surface area contributed by atoms with Crippen LogP contribution in [-0.2, 0) is 9.53 Å². The van der Waals surface area contributed by atoms with Gasteiger partial charge in [-0.1, -0.05) is 13.3 Å². The SMILES string of the molecule is CCSC1CCCCN(C(=O)[C@@H]2CC[C@H](CN)O2)C1. The van der Waals surface area contributed by atoms with Crippen LogP contribution in [0.5, 0.6) is 0 Å². The first-order valence-electron chi connectivity index (χ1n) is 7.50. The van der Waals surface area contributed by atoms with Crippen LogP contribution in [0.4, 0.5) is 0 Å². The first kappa shape index (κ1) is 15.1. The highest BCUT2D eigenvalue weighted by atomic mass is 32.2. The van der Waals surface area contributed by atoms with Crippen molar-refractivity contribution in [3.63, 3.8) is 0 Å². The quantitative estimate of drug-likeness (QED) is 0.853. The third-order valence-corrected chi connectivity index (χ3v) is 5.18. The second kappa shape index (κ2) is 7.50. The van der Waals surface area contributed by atoms with Crippen molar-refractivity contribution in [1.82, 2.24) is 4.90 Å². The summed E-state index contributed by atoms with van der Waals surface area (Å²) in [6, 6.07) is 0. The van der Waals surface area contributed by atoms with Crippen molar-refractivity contribution >= 4 is 17.7 Å². The molecule has 2 heterocycles. The molecule has 2 aliphatic heterocycles. The first-order chi connectivity index (χ1) is 9.24. The summed E-state index contributed by atoms with van der Waals surface area (Å²) in [5.41, 5.74) is 5.61. The van der Waals surface area contributed by atoms with E-state index in [1.54, 1.807) is 0 Å². The van der Waals surface area contributed by atoms with E-state index in [-0.39, 0.29) is 18.1 Å². The number of likely N-dealkylation sites (tertiary alicyclic amines) is 1. The fraction of sp³-hybridized carbons (Fsp3) is 0.929. The maximum absolute atomic E-state index is 12.5. The normalized spacial score (nSPS) is 32.3. The van der Waals surface area contributed by atoms with Gasteiger partial charge in [0.05, 0.1) is 6.10 Å². The number of hydrogen-bond acceptors (Lipinski definition) is 4. The molecule has 2 N–H and O–H groups in total. The summed E-state index contributed by atoms with van der Waals surface area (Å²) < 4.78 is 5.74. The minimum Gasteiger partial charge on any atom is -0.364 e. The summed E-state index contributed by atoms with van der Waals surface area (Å²) in [4.78, 5) is 14.5. The van der Waals surface area contributed by atoms with Crippen LogP contribution >= 0.6 is 11.8 Å². The molecular formula is C14H26N2O2S. The lowest BCUT2D eigenvalue weighted by Crippen LogP contribution is -2.42. The van der Waals surface area contributed by atoms with Gasteiger partial charge in [0, 0.05) is 24.9 Å². The maximum atomic E-state index is 12.5. The van der Waals surface area contributed by atoms with Crippen LogP contribution < -0.4 is 5.73 Å². The zero-order chi connectivity index (χ0) is 13.7. The Bertz CT molecular complexity index is 301. The lowest BCUT2D eigenvalue weighted by Gasteiger charge is -2.26. The number of hydrogen-bond donors (Lipinski definition) is 1. The van der Waals surface area contributed by atoms with Gasteiger partial charge in [-0.3, -0.25) is 4.79 Å². The van der Waals surface area contributed by atoms with Crippen LogP contribution in [0.25, 0.3) is 0 Å². The largest absolute Gasteiger partial charge is 0.364 e. The minimum absolute atomic E-state index is 0.0849. The van der Waals surface area contributed by atoms with Gasteiger partial charge in [0.25, 0.3) is 5.91 Å². The molecular weight excluding hydrogens is 260 g/mol. The van der Waals surface area contributed by atoms with Gasteiger partial charge >= 0.3 is 0 Å². The summed E-state index contributed by atoms with van der Waals surface area (Å²) in [7, 11) is 0. The molecule has 110 valence electrons. The second-order valence-corrected chi connectivity index (χ2v) is 6.99. The monoisotopic (exact) mass is 286 g/mol. The number of carbonyl (C=O) groups excluding carboxylic acids is 1. The van der Waals surface area contributed by atoms with E-state index >= 15 is 0 Å². The number of thioether (sulfide) groups is 1. The summed E-state index contributed by atoms with van der Waals surface area (Å²) >= 11 is 1.98. The van der Waals surface area contributed by atoms with Crippen molar-refractivity contribution in [3.05, 3.63) is 0 Å². The van der Waals surface area contributed by atoms with Crippen molar-refractivity contribution in [3.8, 4) is 0 Å². The third kappa shape index (κ3) is 4.10. The Morgan fingerprint density at radius 2 is 2.21 bits per heavy atom. The number of nitrogens with zero attached hydrogens (tertiary/aromatic N) is 1. The summed E-state index contributed by atoms with van der Waals surface area (Å²) in [6.45, 7) is 4.50. The van der Waals surface area contributed by atoms with E-state index in [0.717, 1.165) is 38.1 Å². The fourth-order valence-electron chi connectivity index (χ4n) is 2.94. The first-order valence-corrected chi connectivity index (χ1v) is 8.55. The summed E-state index contributed by atoms with van der Waals surface area (Å²) in [5.74, 6) is 1.32. The Balaban J connectivity index is 1.90. The molecule has 0 spiro atoms. The molecule has 2 aliphatic rings. The van der Waals surface area contributed by atoms with E-state index in [0.29, 0.717) is 11.8 Å². The molecule has 0 aromatic carbocycles. The van der Waals surface area contributed by atoms with Crippen molar-refractivity contribution in [2.45, 2.75) is 56.5 Å². The highest BCUT2D eigenvalue weighted by molar-refractivity contribution is 7.99. The van der Waals surface area contributed by atoms with Gasteiger partial charge in [0.1, 0.15) is 6.10 Å². The molecule has 2 saturated heterocycles. The number of rotatable bonds is 4. The van der Waals surface area contributed by atoms with Crippen molar-refractivity contribution < 1.29 is 9.53 Å². The Morgan fingerprint density at radius 1 is 1.37 bits per heavy atom. The van der Waals surface area contributed by atoms with Gasteiger partial charge in [-0.25, -0.2) is 0 Å². The Hall–Kier alpha value is -0.260.